The Kier molecular flexibility index (Phi) is 4.14. The lowest BCUT2D eigenvalue weighted by molar-refractivity contribution is 0.318. The molecular weight excluding hydrogens is 247 g/mol. The highest BCUT2D eigenvalue weighted by molar-refractivity contribution is 9.10. The summed E-state index contributed by atoms with van der Waals surface area (Å²) in [6.45, 7) is 6.22. The molecule has 1 rings (SSSR count). The summed E-state index contributed by atoms with van der Waals surface area (Å²) in [6, 6.07) is 4.38. The van der Waals surface area contributed by atoms with Gasteiger partial charge in [-0.05, 0) is 35.0 Å². The van der Waals surface area contributed by atoms with E-state index in [-0.39, 0.29) is 5.82 Å². The fourth-order valence-corrected chi connectivity index (χ4v) is 1.28. The lowest BCUT2D eigenvalue weighted by Gasteiger charge is -2.07. The molecule has 0 heterocycles. The van der Waals surface area contributed by atoms with E-state index in [2.05, 4.69) is 22.5 Å². The molecule has 1 nitrogen and oxygen atoms in total. The van der Waals surface area contributed by atoms with Crippen LogP contribution < -0.4 is 4.74 Å². The second-order valence-corrected chi connectivity index (χ2v) is 3.98. The maximum atomic E-state index is 12.8. The number of halogens is 2. The Morgan fingerprint density at radius 2 is 2.29 bits per heavy atom. The normalized spacial score (nSPS) is 9.93. The smallest absolute Gasteiger partial charge is 0.136 e. The van der Waals surface area contributed by atoms with Crippen LogP contribution in [-0.4, -0.2) is 6.61 Å². The van der Waals surface area contributed by atoms with E-state index in [1.165, 1.54) is 12.1 Å². The van der Waals surface area contributed by atoms with Crippen LogP contribution in [0.15, 0.2) is 34.8 Å². The van der Waals surface area contributed by atoms with Gasteiger partial charge >= 0.3 is 0 Å². The van der Waals surface area contributed by atoms with E-state index in [1.54, 1.807) is 6.07 Å². The zero-order valence-electron chi connectivity index (χ0n) is 8.02. The predicted molar refractivity (Wildman–Crippen MR) is 59.0 cm³/mol. The summed E-state index contributed by atoms with van der Waals surface area (Å²) in [6.07, 6.45) is 0.781. The van der Waals surface area contributed by atoms with Crippen LogP contribution in [-0.2, 0) is 0 Å². The number of hydrogen-bond donors (Lipinski definition) is 0. The summed E-state index contributed by atoms with van der Waals surface area (Å²) in [5, 5.41) is 0. The third-order valence-corrected chi connectivity index (χ3v) is 2.33. The molecule has 1 aromatic rings. The highest BCUT2D eigenvalue weighted by Gasteiger charge is 2.02. The first-order valence-electron chi connectivity index (χ1n) is 4.32. The Morgan fingerprint density at radius 3 is 2.93 bits per heavy atom. The summed E-state index contributed by atoms with van der Waals surface area (Å²) in [5.41, 5.74) is 1.05. The van der Waals surface area contributed by atoms with Crippen molar-refractivity contribution in [3.63, 3.8) is 0 Å². The van der Waals surface area contributed by atoms with Gasteiger partial charge in [0.15, 0.2) is 0 Å². The molecule has 0 saturated heterocycles. The van der Waals surface area contributed by atoms with Crippen LogP contribution in [0.4, 0.5) is 4.39 Å². The highest BCUT2D eigenvalue weighted by atomic mass is 79.9. The van der Waals surface area contributed by atoms with Crippen molar-refractivity contribution >= 4 is 15.9 Å². The molecule has 0 aliphatic carbocycles. The van der Waals surface area contributed by atoms with Crippen molar-refractivity contribution < 1.29 is 9.13 Å². The fourth-order valence-electron chi connectivity index (χ4n) is 0.923. The van der Waals surface area contributed by atoms with E-state index in [4.69, 9.17) is 4.74 Å². The molecule has 0 unspecified atom stereocenters. The van der Waals surface area contributed by atoms with E-state index >= 15 is 0 Å². The Hall–Kier alpha value is -0.830. The Morgan fingerprint density at radius 1 is 1.57 bits per heavy atom. The van der Waals surface area contributed by atoms with Crippen LogP contribution in [0, 0.1) is 5.82 Å². The number of benzene rings is 1. The lowest BCUT2D eigenvalue weighted by atomic mass is 10.2. The molecule has 0 bridgehead atoms. The van der Waals surface area contributed by atoms with Crippen molar-refractivity contribution in [2.75, 3.05) is 6.61 Å². The van der Waals surface area contributed by atoms with Crippen molar-refractivity contribution in [2.24, 2.45) is 0 Å². The SMILES string of the molecule is C=C(C)CCOc1cc(F)ccc1Br. The molecule has 0 amide bonds. The second kappa shape index (κ2) is 5.15. The predicted octanol–water partition coefficient (Wildman–Crippen LogP) is 3.93. The van der Waals surface area contributed by atoms with E-state index < -0.39 is 0 Å². The highest BCUT2D eigenvalue weighted by Crippen LogP contribution is 2.25. The van der Waals surface area contributed by atoms with Crippen LogP contribution in [0.1, 0.15) is 13.3 Å². The van der Waals surface area contributed by atoms with Gasteiger partial charge in [-0.1, -0.05) is 5.57 Å². The van der Waals surface area contributed by atoms with Crippen molar-refractivity contribution in [2.45, 2.75) is 13.3 Å². The minimum atomic E-state index is -0.293. The minimum Gasteiger partial charge on any atom is -0.492 e. The van der Waals surface area contributed by atoms with Crippen molar-refractivity contribution in [1.29, 1.82) is 0 Å². The maximum absolute atomic E-state index is 12.8. The molecule has 14 heavy (non-hydrogen) atoms. The Labute approximate surface area is 91.7 Å². The van der Waals surface area contributed by atoms with Crippen molar-refractivity contribution in [3.05, 3.63) is 40.6 Å². The van der Waals surface area contributed by atoms with Crippen LogP contribution in [0.25, 0.3) is 0 Å². The molecule has 0 atom stereocenters. The van der Waals surface area contributed by atoms with Crippen molar-refractivity contribution in [1.82, 2.24) is 0 Å². The van der Waals surface area contributed by atoms with Crippen LogP contribution >= 0.6 is 15.9 Å². The molecule has 0 fully saturated rings. The van der Waals surface area contributed by atoms with Crippen LogP contribution in [0.2, 0.25) is 0 Å². The topological polar surface area (TPSA) is 9.23 Å². The lowest BCUT2D eigenvalue weighted by Crippen LogP contribution is -1.98. The van der Waals surface area contributed by atoms with Gasteiger partial charge in [0.25, 0.3) is 0 Å². The molecule has 0 spiro atoms. The number of rotatable bonds is 4. The van der Waals surface area contributed by atoms with E-state index in [0.717, 1.165) is 16.5 Å². The zero-order chi connectivity index (χ0) is 10.6. The standard InChI is InChI=1S/C11H12BrFO/c1-8(2)5-6-14-11-7-9(13)3-4-10(11)12/h3-4,7H,1,5-6H2,2H3. The van der Waals surface area contributed by atoms with Gasteiger partial charge in [0.2, 0.25) is 0 Å². The third kappa shape index (κ3) is 3.50. The summed E-state index contributed by atoms with van der Waals surface area (Å²) < 4.78 is 19.0. The van der Waals surface area contributed by atoms with Gasteiger partial charge in [0, 0.05) is 12.5 Å². The molecule has 0 radical (unpaired) electrons. The first kappa shape index (κ1) is 11.2. The largest absolute Gasteiger partial charge is 0.492 e. The van der Waals surface area contributed by atoms with Gasteiger partial charge < -0.3 is 4.74 Å². The van der Waals surface area contributed by atoms with E-state index in [9.17, 15) is 4.39 Å². The maximum Gasteiger partial charge on any atom is 0.136 e. The minimum absolute atomic E-state index is 0.293. The van der Waals surface area contributed by atoms with Crippen LogP contribution in [0.5, 0.6) is 5.75 Å². The second-order valence-electron chi connectivity index (χ2n) is 3.13. The average molecular weight is 259 g/mol. The first-order chi connectivity index (χ1) is 6.59. The molecule has 0 aromatic heterocycles. The van der Waals surface area contributed by atoms with Gasteiger partial charge in [-0.15, -0.1) is 6.58 Å². The fraction of sp³-hybridized carbons (Fsp3) is 0.273. The first-order valence-corrected chi connectivity index (χ1v) is 5.11. The number of ether oxygens (including phenoxy) is 1. The van der Waals surface area contributed by atoms with Gasteiger partial charge in [0.05, 0.1) is 11.1 Å². The van der Waals surface area contributed by atoms with Gasteiger partial charge in [-0.2, -0.15) is 0 Å². The number of hydrogen-bond acceptors (Lipinski definition) is 1. The van der Waals surface area contributed by atoms with E-state index in [0.29, 0.717) is 12.4 Å². The third-order valence-electron chi connectivity index (χ3n) is 1.68. The monoisotopic (exact) mass is 258 g/mol. The Balaban J connectivity index is 2.57. The van der Waals surface area contributed by atoms with Crippen LogP contribution in [0.3, 0.4) is 0 Å². The van der Waals surface area contributed by atoms with E-state index in [1.807, 2.05) is 6.92 Å². The van der Waals surface area contributed by atoms with Gasteiger partial charge in [0.1, 0.15) is 11.6 Å². The summed E-state index contributed by atoms with van der Waals surface area (Å²) in [4.78, 5) is 0. The quantitative estimate of drug-likeness (QED) is 0.744. The Bertz CT molecular complexity index is 336. The van der Waals surface area contributed by atoms with Gasteiger partial charge in [-0.3, -0.25) is 0 Å². The van der Waals surface area contributed by atoms with Crippen molar-refractivity contribution in [3.8, 4) is 5.75 Å². The molecular formula is C11H12BrFO. The molecule has 0 aliphatic heterocycles. The molecule has 0 N–H and O–H groups in total. The molecule has 0 aliphatic rings. The molecule has 76 valence electrons. The average Bonchev–Trinajstić information content (AvgIpc) is 2.10. The summed E-state index contributed by atoms with van der Waals surface area (Å²) in [5.74, 6) is 0.241. The molecule has 1 aromatic carbocycles. The molecule has 3 heteroatoms. The summed E-state index contributed by atoms with van der Waals surface area (Å²) in [7, 11) is 0. The summed E-state index contributed by atoms with van der Waals surface area (Å²) >= 11 is 3.28. The zero-order valence-corrected chi connectivity index (χ0v) is 9.60. The van der Waals surface area contributed by atoms with Gasteiger partial charge in [-0.25, -0.2) is 4.39 Å². The molecule has 0 saturated carbocycles.